The fourth-order valence-electron chi connectivity index (χ4n) is 4.11. The van der Waals surface area contributed by atoms with Crippen molar-refractivity contribution in [1.29, 1.82) is 0 Å². The zero-order chi connectivity index (χ0) is 24.6. The molecule has 0 spiro atoms. The van der Waals surface area contributed by atoms with Gasteiger partial charge in [-0.1, -0.05) is 28.9 Å². The first-order valence-electron chi connectivity index (χ1n) is 11.1. The van der Waals surface area contributed by atoms with E-state index in [2.05, 4.69) is 31.4 Å². The van der Waals surface area contributed by atoms with Crippen LogP contribution in [0.4, 0.5) is 0 Å². The van der Waals surface area contributed by atoms with E-state index in [1.807, 2.05) is 73.7 Å². The monoisotopic (exact) mass is 547 g/mol. The number of nitrogens with zero attached hydrogens (tertiary/aromatic N) is 4. The van der Waals surface area contributed by atoms with Crippen LogP contribution in [0.5, 0.6) is 0 Å². The number of hydrogen-bond acceptors (Lipinski definition) is 7. The molecule has 4 rings (SSSR count). The van der Waals surface area contributed by atoms with Crippen LogP contribution in [0.15, 0.2) is 57.7 Å². The molecule has 1 N–H and O–H groups in total. The molecule has 0 aliphatic carbocycles. The average molecular weight is 549 g/mol. The molecule has 2 unspecified atom stereocenters. The number of aromatic nitrogens is 2. The fourth-order valence-corrected chi connectivity index (χ4v) is 5.01. The lowest BCUT2D eigenvalue weighted by molar-refractivity contribution is 0.0517. The summed E-state index contributed by atoms with van der Waals surface area (Å²) in [4.78, 5) is 25.0. The zero-order valence-corrected chi connectivity index (χ0v) is 22.0. The van der Waals surface area contributed by atoms with Gasteiger partial charge in [-0.2, -0.15) is 0 Å². The van der Waals surface area contributed by atoms with Crippen molar-refractivity contribution < 1.29 is 14.4 Å². The van der Waals surface area contributed by atoms with Crippen LogP contribution in [0.3, 0.4) is 0 Å². The molecule has 34 heavy (non-hydrogen) atoms. The minimum absolute atomic E-state index is 0.0278. The molecule has 2 aliphatic heterocycles. The number of amidine groups is 1. The van der Waals surface area contributed by atoms with Crippen molar-refractivity contribution in [1.82, 2.24) is 19.8 Å². The lowest BCUT2D eigenvalue weighted by atomic mass is 10.00. The first kappa shape index (κ1) is 24.3. The summed E-state index contributed by atoms with van der Waals surface area (Å²) in [6.07, 6.45) is 3.74. The number of oxime groups is 1. The number of fused-ring (bicyclic) bond motifs is 1. The normalized spacial score (nSPS) is 18.1. The molecule has 2 atom stereocenters. The van der Waals surface area contributed by atoms with Gasteiger partial charge in [0.05, 0.1) is 24.0 Å². The lowest BCUT2D eigenvalue weighted by Gasteiger charge is -2.30. The number of imidazole rings is 1. The second-order valence-electron chi connectivity index (χ2n) is 8.40. The van der Waals surface area contributed by atoms with Gasteiger partial charge in [-0.15, -0.1) is 0 Å². The van der Waals surface area contributed by atoms with Crippen molar-refractivity contribution in [2.75, 3.05) is 6.61 Å². The molecule has 2 aliphatic rings. The maximum atomic E-state index is 12.9. The van der Waals surface area contributed by atoms with Crippen LogP contribution in [0.1, 0.15) is 68.4 Å². The van der Waals surface area contributed by atoms with E-state index in [9.17, 15) is 4.79 Å². The second kappa shape index (κ2) is 9.84. The molecule has 1 aromatic carbocycles. The molecule has 180 valence electrons. The van der Waals surface area contributed by atoms with Crippen molar-refractivity contribution in [2.45, 2.75) is 52.9 Å². The van der Waals surface area contributed by atoms with Crippen LogP contribution >= 0.6 is 27.5 Å². The number of hydrogen-bond donors (Lipinski definition) is 1. The van der Waals surface area contributed by atoms with Crippen LogP contribution in [0.2, 0.25) is 5.02 Å². The lowest BCUT2D eigenvalue weighted by Crippen LogP contribution is -2.36. The Bertz CT molecular complexity index is 1190. The number of rotatable bonds is 7. The van der Waals surface area contributed by atoms with Gasteiger partial charge in [-0.3, -0.25) is 4.90 Å². The fraction of sp³-hybridized carbons (Fsp3) is 0.375. The molecule has 0 bridgehead atoms. The Morgan fingerprint density at radius 3 is 2.65 bits per heavy atom. The van der Waals surface area contributed by atoms with Crippen LogP contribution in [0.25, 0.3) is 0 Å². The maximum Gasteiger partial charge on any atom is 0.358 e. The molecular formula is C24H27BrClN5O3. The molecule has 0 saturated carbocycles. The molecule has 0 fully saturated rings. The predicted molar refractivity (Wildman–Crippen MR) is 134 cm³/mol. The Hall–Kier alpha value is -2.78. The molecule has 10 heteroatoms. The Balaban J connectivity index is 1.86. The van der Waals surface area contributed by atoms with Crippen LogP contribution in [-0.4, -0.2) is 39.1 Å². The van der Waals surface area contributed by atoms with E-state index in [0.29, 0.717) is 15.5 Å². The number of benzene rings is 1. The summed E-state index contributed by atoms with van der Waals surface area (Å²) >= 11 is 9.73. The third kappa shape index (κ3) is 4.59. The van der Waals surface area contributed by atoms with Gasteiger partial charge in [0.2, 0.25) is 6.23 Å². The minimum Gasteiger partial charge on any atom is -0.461 e. The Morgan fingerprint density at radius 2 is 2.00 bits per heavy atom. The van der Waals surface area contributed by atoms with Gasteiger partial charge < -0.3 is 19.5 Å². The van der Waals surface area contributed by atoms with E-state index in [1.54, 1.807) is 6.92 Å². The third-order valence-corrected chi connectivity index (χ3v) is 6.45. The van der Waals surface area contributed by atoms with Gasteiger partial charge in [-0.05, 0) is 79.9 Å². The van der Waals surface area contributed by atoms with Gasteiger partial charge in [0.25, 0.3) is 0 Å². The first-order valence-corrected chi connectivity index (χ1v) is 12.2. The molecule has 1 aromatic heterocycles. The van der Waals surface area contributed by atoms with E-state index >= 15 is 0 Å². The summed E-state index contributed by atoms with van der Waals surface area (Å²) < 4.78 is 7.90. The van der Waals surface area contributed by atoms with E-state index in [1.165, 1.54) is 0 Å². The van der Waals surface area contributed by atoms with Crippen LogP contribution < -0.4 is 5.32 Å². The van der Waals surface area contributed by atoms with Crippen molar-refractivity contribution in [3.05, 3.63) is 74.5 Å². The van der Waals surface area contributed by atoms with E-state index in [-0.39, 0.29) is 24.6 Å². The van der Waals surface area contributed by atoms with E-state index in [4.69, 9.17) is 21.2 Å². The Kier molecular flexibility index (Phi) is 7.04. The number of allylic oxidation sites excluding steroid dienone is 1. The highest BCUT2D eigenvalue weighted by molar-refractivity contribution is 9.10. The summed E-state index contributed by atoms with van der Waals surface area (Å²) in [6.45, 7) is 10.0. The number of ether oxygens (including phenoxy) is 1. The molecule has 0 radical (unpaired) electrons. The number of carbonyl (C=O) groups excluding carboxylic acids is 1. The molecule has 0 saturated heterocycles. The first-order chi connectivity index (χ1) is 16.2. The van der Waals surface area contributed by atoms with Crippen molar-refractivity contribution in [3.8, 4) is 0 Å². The summed E-state index contributed by atoms with van der Waals surface area (Å²) in [5.41, 5.74) is 3.72. The highest BCUT2D eigenvalue weighted by Crippen LogP contribution is 2.34. The quantitative estimate of drug-likeness (QED) is 0.458. The molecule has 2 aromatic rings. The van der Waals surface area contributed by atoms with Crippen molar-refractivity contribution >= 4 is 39.3 Å². The van der Waals surface area contributed by atoms with Gasteiger partial charge in [-0.25, -0.2) is 9.78 Å². The molecule has 8 nitrogen and oxygen atoms in total. The second-order valence-corrected chi connectivity index (χ2v) is 9.55. The van der Waals surface area contributed by atoms with Crippen molar-refractivity contribution in [3.63, 3.8) is 0 Å². The number of halogens is 2. The molecule has 0 amide bonds. The predicted octanol–water partition coefficient (Wildman–Crippen LogP) is 5.53. The Morgan fingerprint density at radius 1 is 1.29 bits per heavy atom. The smallest absolute Gasteiger partial charge is 0.358 e. The largest absolute Gasteiger partial charge is 0.461 e. The number of carbonyl (C=O) groups is 1. The van der Waals surface area contributed by atoms with Crippen molar-refractivity contribution in [2.24, 2.45) is 5.16 Å². The summed E-state index contributed by atoms with van der Waals surface area (Å²) in [5.74, 6) is 0.292. The van der Waals surface area contributed by atoms with Gasteiger partial charge in [0.1, 0.15) is 5.84 Å². The number of esters is 1. The van der Waals surface area contributed by atoms with Crippen LogP contribution in [0, 0.1) is 0 Å². The highest BCUT2D eigenvalue weighted by atomic mass is 79.9. The van der Waals surface area contributed by atoms with Gasteiger partial charge in [0.15, 0.2) is 10.4 Å². The zero-order valence-electron chi connectivity index (χ0n) is 19.7. The average Bonchev–Trinajstić information content (AvgIpc) is 3.33. The molecular weight excluding hydrogens is 522 g/mol. The van der Waals surface area contributed by atoms with Gasteiger partial charge in [0, 0.05) is 17.3 Å². The van der Waals surface area contributed by atoms with Crippen LogP contribution in [-0.2, 0) is 9.57 Å². The SMILES string of the molecule is CCOC(=O)c1nc(Br)n(C(C)C)c1C(NC1=CN2C(C)=NOC2C(C)=C1)c1ccc(Cl)cc1. The summed E-state index contributed by atoms with van der Waals surface area (Å²) in [6, 6.07) is 7.14. The topological polar surface area (TPSA) is 81.0 Å². The molecule has 3 heterocycles. The summed E-state index contributed by atoms with van der Waals surface area (Å²) in [5, 5.41) is 8.35. The standard InChI is InChI=1S/C24H27BrClN5O3/c1-6-33-23(32)20-21(31(13(2)3)24(25)28-20)19(16-7-9-17(26)10-8-16)27-18-11-14(4)22-30(12-18)15(5)29-34-22/h7-13,19,22,27H,6H2,1-5H3. The maximum absolute atomic E-state index is 12.9. The highest BCUT2D eigenvalue weighted by Gasteiger charge is 2.34. The van der Waals surface area contributed by atoms with E-state index in [0.717, 1.165) is 22.7 Å². The minimum atomic E-state index is -0.473. The van der Waals surface area contributed by atoms with E-state index < -0.39 is 12.0 Å². The summed E-state index contributed by atoms with van der Waals surface area (Å²) in [7, 11) is 0. The number of nitrogens with one attached hydrogen (secondary N) is 1. The van der Waals surface area contributed by atoms with Gasteiger partial charge >= 0.3 is 5.97 Å². The Labute approximate surface area is 212 Å². The third-order valence-electron chi connectivity index (χ3n) is 5.64.